The quantitative estimate of drug-likeness (QED) is 0.644. The Hall–Kier alpha value is -0.860. The van der Waals surface area contributed by atoms with Gasteiger partial charge in [0.1, 0.15) is 0 Å². The van der Waals surface area contributed by atoms with Gasteiger partial charge in [-0.25, -0.2) is 0 Å². The highest BCUT2D eigenvalue weighted by Gasteiger charge is 2.01. The summed E-state index contributed by atoms with van der Waals surface area (Å²) in [5, 5.41) is 0. The van der Waals surface area contributed by atoms with Gasteiger partial charge in [0.15, 0.2) is 0 Å². The van der Waals surface area contributed by atoms with Crippen LogP contribution in [0, 0.1) is 0 Å². The van der Waals surface area contributed by atoms with E-state index in [1.807, 2.05) is 13.0 Å². The Morgan fingerprint density at radius 2 is 1.86 bits per heavy atom. The molecule has 1 rings (SSSR count). The van der Waals surface area contributed by atoms with E-state index in [-0.39, 0.29) is 0 Å². The number of benzene rings is 1. The van der Waals surface area contributed by atoms with Crippen molar-refractivity contribution in [2.75, 3.05) is 19.9 Å². The number of hydrogen-bond donors (Lipinski definition) is 0. The van der Waals surface area contributed by atoms with E-state index >= 15 is 0 Å². The highest BCUT2D eigenvalue weighted by atomic mass is 16.5. The zero-order valence-corrected chi connectivity index (χ0v) is 9.07. The van der Waals surface area contributed by atoms with Crippen LogP contribution >= 0.6 is 0 Å². The molecule has 0 bridgehead atoms. The molecule has 1 aromatic carbocycles. The Kier molecular flexibility index (Phi) is 5.27. The third kappa shape index (κ3) is 3.90. The van der Waals surface area contributed by atoms with Crippen molar-refractivity contribution in [3.63, 3.8) is 0 Å². The number of hydrogen-bond acceptors (Lipinski definition) is 2. The zero-order chi connectivity index (χ0) is 10.2. The van der Waals surface area contributed by atoms with Crippen LogP contribution in [0.15, 0.2) is 30.3 Å². The Balaban J connectivity index is 2.40. The van der Waals surface area contributed by atoms with Crippen molar-refractivity contribution in [1.29, 1.82) is 0 Å². The topological polar surface area (TPSA) is 12.5 Å². The van der Waals surface area contributed by atoms with Crippen LogP contribution in [0.4, 0.5) is 0 Å². The normalized spacial score (nSPS) is 10.8. The molecule has 0 fully saturated rings. The van der Waals surface area contributed by atoms with Gasteiger partial charge in [-0.1, -0.05) is 37.3 Å². The first kappa shape index (κ1) is 11.2. The van der Waals surface area contributed by atoms with Gasteiger partial charge in [0.2, 0.25) is 0 Å². The summed E-state index contributed by atoms with van der Waals surface area (Å²) in [6.07, 6.45) is 0. The van der Waals surface area contributed by atoms with Gasteiger partial charge in [0.05, 0.1) is 6.73 Å². The van der Waals surface area contributed by atoms with Crippen LogP contribution in [0.3, 0.4) is 0 Å². The minimum absolute atomic E-state index is 0.724. The lowest BCUT2D eigenvalue weighted by Gasteiger charge is -2.19. The predicted octanol–water partition coefficient (Wildman–Crippen LogP) is 2.50. The summed E-state index contributed by atoms with van der Waals surface area (Å²) in [7, 11) is 0. The first-order valence-corrected chi connectivity index (χ1v) is 5.20. The second kappa shape index (κ2) is 6.57. The Morgan fingerprint density at radius 1 is 1.14 bits per heavy atom. The second-order valence-electron chi connectivity index (χ2n) is 3.25. The van der Waals surface area contributed by atoms with Gasteiger partial charge in [0, 0.05) is 13.2 Å². The minimum atomic E-state index is 0.724. The van der Waals surface area contributed by atoms with Crippen LogP contribution < -0.4 is 0 Å². The summed E-state index contributed by atoms with van der Waals surface area (Å²) in [5.41, 5.74) is 1.34. The summed E-state index contributed by atoms with van der Waals surface area (Å²) >= 11 is 0. The molecule has 0 saturated heterocycles. The first-order chi connectivity index (χ1) is 6.86. The van der Waals surface area contributed by atoms with Crippen molar-refractivity contribution in [1.82, 2.24) is 4.90 Å². The van der Waals surface area contributed by atoms with Gasteiger partial charge in [-0.2, -0.15) is 0 Å². The summed E-state index contributed by atoms with van der Waals surface area (Å²) in [6, 6.07) is 10.5. The lowest BCUT2D eigenvalue weighted by molar-refractivity contribution is 0.0340. The average Bonchev–Trinajstić information content (AvgIpc) is 2.25. The molecular formula is C12H19NO. The van der Waals surface area contributed by atoms with Crippen molar-refractivity contribution in [2.24, 2.45) is 0 Å². The van der Waals surface area contributed by atoms with Crippen LogP contribution in [0.1, 0.15) is 19.4 Å². The zero-order valence-electron chi connectivity index (χ0n) is 9.07. The van der Waals surface area contributed by atoms with Crippen molar-refractivity contribution in [2.45, 2.75) is 20.4 Å². The molecule has 0 unspecified atom stereocenters. The van der Waals surface area contributed by atoms with E-state index in [4.69, 9.17) is 4.74 Å². The molecule has 2 heteroatoms. The largest absolute Gasteiger partial charge is 0.366 e. The number of ether oxygens (including phenoxy) is 1. The summed E-state index contributed by atoms with van der Waals surface area (Å²) in [6.45, 7) is 7.68. The Bertz CT molecular complexity index is 235. The molecule has 0 saturated carbocycles. The van der Waals surface area contributed by atoms with Crippen molar-refractivity contribution in [3.8, 4) is 0 Å². The van der Waals surface area contributed by atoms with Crippen molar-refractivity contribution >= 4 is 0 Å². The van der Waals surface area contributed by atoms with Gasteiger partial charge in [-0.15, -0.1) is 0 Å². The molecule has 78 valence electrons. The van der Waals surface area contributed by atoms with Gasteiger partial charge in [-0.05, 0) is 19.0 Å². The molecule has 0 atom stereocenters. The predicted molar refractivity (Wildman–Crippen MR) is 59.0 cm³/mol. The van der Waals surface area contributed by atoms with Gasteiger partial charge in [0.25, 0.3) is 0 Å². The van der Waals surface area contributed by atoms with E-state index in [0.717, 1.165) is 26.4 Å². The molecule has 0 aromatic heterocycles. The van der Waals surface area contributed by atoms with E-state index in [1.165, 1.54) is 5.56 Å². The van der Waals surface area contributed by atoms with Gasteiger partial charge >= 0.3 is 0 Å². The fourth-order valence-electron chi connectivity index (χ4n) is 1.31. The molecule has 0 spiro atoms. The highest BCUT2D eigenvalue weighted by Crippen LogP contribution is 2.03. The number of rotatable bonds is 6. The maximum atomic E-state index is 5.38. The lowest BCUT2D eigenvalue weighted by atomic mass is 10.2. The van der Waals surface area contributed by atoms with Crippen molar-refractivity contribution < 1.29 is 4.74 Å². The SMILES string of the molecule is CCOCN(CC)Cc1ccccc1. The van der Waals surface area contributed by atoms with Crippen LogP contribution in [-0.2, 0) is 11.3 Å². The highest BCUT2D eigenvalue weighted by molar-refractivity contribution is 5.14. The molecule has 0 N–H and O–H groups in total. The fourth-order valence-corrected chi connectivity index (χ4v) is 1.31. The minimum Gasteiger partial charge on any atom is -0.366 e. The van der Waals surface area contributed by atoms with E-state index in [0.29, 0.717) is 0 Å². The van der Waals surface area contributed by atoms with E-state index in [2.05, 4.69) is 36.1 Å². The maximum Gasteiger partial charge on any atom is 0.0992 e. The van der Waals surface area contributed by atoms with Crippen molar-refractivity contribution in [3.05, 3.63) is 35.9 Å². The molecule has 0 aliphatic carbocycles. The molecule has 14 heavy (non-hydrogen) atoms. The van der Waals surface area contributed by atoms with Gasteiger partial charge in [-0.3, -0.25) is 4.90 Å². The van der Waals surface area contributed by atoms with E-state index < -0.39 is 0 Å². The average molecular weight is 193 g/mol. The molecule has 0 aliphatic rings. The lowest BCUT2D eigenvalue weighted by Crippen LogP contribution is -2.25. The van der Waals surface area contributed by atoms with Crippen LogP contribution in [-0.4, -0.2) is 24.8 Å². The maximum absolute atomic E-state index is 5.38. The van der Waals surface area contributed by atoms with E-state index in [1.54, 1.807) is 0 Å². The second-order valence-corrected chi connectivity index (χ2v) is 3.25. The Morgan fingerprint density at radius 3 is 2.43 bits per heavy atom. The molecule has 0 radical (unpaired) electrons. The summed E-state index contributed by atoms with van der Waals surface area (Å²) < 4.78 is 5.38. The Labute approximate surface area is 86.5 Å². The summed E-state index contributed by atoms with van der Waals surface area (Å²) in [5.74, 6) is 0. The molecule has 2 nitrogen and oxygen atoms in total. The molecule has 0 aliphatic heterocycles. The third-order valence-corrected chi connectivity index (χ3v) is 2.17. The molecule has 1 aromatic rings. The van der Waals surface area contributed by atoms with Crippen LogP contribution in [0.25, 0.3) is 0 Å². The van der Waals surface area contributed by atoms with Gasteiger partial charge < -0.3 is 4.74 Å². The first-order valence-electron chi connectivity index (χ1n) is 5.20. The summed E-state index contributed by atoms with van der Waals surface area (Å²) in [4.78, 5) is 2.28. The van der Waals surface area contributed by atoms with E-state index in [9.17, 15) is 0 Å². The molecular weight excluding hydrogens is 174 g/mol. The molecule has 0 heterocycles. The monoisotopic (exact) mass is 193 g/mol. The molecule has 0 amide bonds. The standard InChI is InChI=1S/C12H19NO/c1-3-13(11-14-4-2)10-12-8-6-5-7-9-12/h5-9H,3-4,10-11H2,1-2H3. The number of nitrogens with zero attached hydrogens (tertiary/aromatic N) is 1. The fraction of sp³-hybridized carbons (Fsp3) is 0.500. The van der Waals surface area contributed by atoms with Crippen LogP contribution in [0.2, 0.25) is 0 Å². The third-order valence-electron chi connectivity index (χ3n) is 2.17. The smallest absolute Gasteiger partial charge is 0.0992 e. The van der Waals surface area contributed by atoms with Crippen LogP contribution in [0.5, 0.6) is 0 Å².